The van der Waals surface area contributed by atoms with Crippen LogP contribution < -0.4 is 15.0 Å². The van der Waals surface area contributed by atoms with Crippen LogP contribution in [-0.4, -0.2) is 8.07 Å². The highest BCUT2D eigenvalue weighted by molar-refractivity contribution is 7.99. The van der Waals surface area contributed by atoms with Crippen molar-refractivity contribution < 1.29 is 4.42 Å². The Kier molecular flexibility index (Phi) is 8.11. The van der Waals surface area contributed by atoms with Crippen LogP contribution in [0.1, 0.15) is 0 Å². The van der Waals surface area contributed by atoms with Crippen LogP contribution >= 0.6 is 11.8 Å². The summed E-state index contributed by atoms with van der Waals surface area (Å²) in [5, 5.41) is 8.76. The predicted molar refractivity (Wildman–Crippen MR) is 251 cm³/mol. The third-order valence-electron chi connectivity index (χ3n) is 11.6. The summed E-state index contributed by atoms with van der Waals surface area (Å²) in [5.74, 6) is 0. The van der Waals surface area contributed by atoms with E-state index in [1.165, 1.54) is 53.3 Å². The number of hydrogen-bond donors (Lipinski definition) is 0. The molecule has 0 spiro atoms. The molecule has 278 valence electrons. The maximum atomic E-state index is 6.22. The molecule has 0 aliphatic carbocycles. The monoisotopic (exact) mass is 780 g/mol. The van der Waals surface area contributed by atoms with Gasteiger partial charge in [-0.25, -0.2) is 0 Å². The first-order valence-electron chi connectivity index (χ1n) is 19.9. The van der Waals surface area contributed by atoms with Crippen LogP contribution in [0, 0.1) is 0 Å². The van der Waals surface area contributed by atoms with Crippen LogP contribution in [-0.2, 0) is 0 Å². The molecule has 0 atom stereocenters. The highest BCUT2D eigenvalue weighted by Crippen LogP contribution is 2.52. The van der Waals surface area contributed by atoms with E-state index in [-0.39, 0.29) is 0 Å². The Morgan fingerprint density at radius 3 is 1.71 bits per heavy atom. The van der Waals surface area contributed by atoms with Crippen molar-refractivity contribution in [3.63, 3.8) is 0 Å². The van der Waals surface area contributed by atoms with Gasteiger partial charge in [0, 0.05) is 60.1 Å². The zero-order valence-electron chi connectivity index (χ0n) is 32.6. The van der Waals surface area contributed by atoms with Crippen LogP contribution in [0.4, 0.5) is 34.1 Å². The van der Waals surface area contributed by atoms with Gasteiger partial charge in [0.25, 0.3) is 0 Å². The largest absolute Gasteiger partial charge is 0.456 e. The minimum Gasteiger partial charge on any atom is -0.456 e. The van der Waals surface area contributed by atoms with E-state index >= 15 is 0 Å². The van der Waals surface area contributed by atoms with E-state index in [0.29, 0.717) is 0 Å². The van der Waals surface area contributed by atoms with Crippen molar-refractivity contribution in [3.8, 4) is 11.1 Å². The van der Waals surface area contributed by atoms with E-state index in [2.05, 4.69) is 205 Å². The molecule has 58 heavy (non-hydrogen) atoms. The van der Waals surface area contributed by atoms with E-state index in [9.17, 15) is 0 Å². The molecule has 0 amide bonds. The maximum Gasteiger partial charge on any atom is 0.135 e. The molecular formula is C53H40N2OSSi. The van der Waals surface area contributed by atoms with Crippen LogP contribution in [0.15, 0.2) is 202 Å². The standard InChI is InChI=1S/C53H40N2OSSi/c1-58(2,3)42-27-23-38(24-28-42)54(36-13-6-4-7-14-36)41-25-29-44-48-31-35-21-22-39(32-46(35)45-18-12-20-51(53(45)48)57-52(44)34-41)55(37-15-8-5-9-16-37)40-26-30-50-47(33-40)43-17-10-11-19-49(43)56-50/h4-34H,1-3H3. The van der Waals surface area contributed by atoms with Gasteiger partial charge in [-0.3, -0.25) is 0 Å². The van der Waals surface area contributed by atoms with Gasteiger partial charge in [0.15, 0.2) is 0 Å². The molecule has 1 aromatic heterocycles. The van der Waals surface area contributed by atoms with Crippen molar-refractivity contribution in [2.24, 2.45) is 0 Å². The molecule has 9 aromatic carbocycles. The van der Waals surface area contributed by atoms with Crippen LogP contribution in [0.3, 0.4) is 0 Å². The molecule has 3 nitrogen and oxygen atoms in total. The molecule has 0 saturated carbocycles. The molecule has 10 aromatic rings. The Balaban J connectivity index is 1.04. The van der Waals surface area contributed by atoms with E-state index in [1.54, 1.807) is 0 Å². The Labute approximate surface area is 343 Å². The lowest BCUT2D eigenvalue weighted by atomic mass is 9.92. The smallest absolute Gasteiger partial charge is 0.135 e. The summed E-state index contributed by atoms with van der Waals surface area (Å²) < 4.78 is 6.22. The molecule has 0 bridgehead atoms. The molecule has 2 heterocycles. The SMILES string of the molecule is C[Si](C)(C)c1ccc(N(c2ccccc2)c2ccc3c(c2)Sc2cccc4c2c-3cc2ccc(N(c3ccccc3)c3ccc5oc6ccccc6c5c3)cc24)cc1. The molecule has 1 aliphatic rings. The van der Waals surface area contributed by atoms with Crippen LogP contribution in [0.25, 0.3) is 54.6 Å². The molecule has 11 rings (SSSR count). The lowest BCUT2D eigenvalue weighted by Crippen LogP contribution is -2.37. The molecular weight excluding hydrogens is 741 g/mol. The van der Waals surface area contributed by atoms with Crippen molar-refractivity contribution in [2.45, 2.75) is 29.4 Å². The summed E-state index contributed by atoms with van der Waals surface area (Å²) in [7, 11) is -1.43. The Morgan fingerprint density at radius 2 is 0.966 bits per heavy atom. The topological polar surface area (TPSA) is 19.6 Å². The normalized spacial score (nSPS) is 12.3. The number of benzene rings is 9. The first kappa shape index (κ1) is 34.7. The Bertz CT molecular complexity index is 3190. The second-order valence-corrected chi connectivity index (χ2v) is 22.4. The van der Waals surface area contributed by atoms with Gasteiger partial charge < -0.3 is 14.2 Å². The van der Waals surface area contributed by atoms with Gasteiger partial charge in [-0.15, -0.1) is 0 Å². The fraction of sp³-hybridized carbons (Fsp3) is 0.0566. The first-order valence-corrected chi connectivity index (χ1v) is 24.2. The number of fused-ring (bicyclic) bond motifs is 7. The molecule has 0 fully saturated rings. The number of anilines is 6. The molecule has 0 radical (unpaired) electrons. The van der Waals surface area contributed by atoms with Crippen LogP contribution in [0.5, 0.6) is 0 Å². The summed E-state index contributed by atoms with van der Waals surface area (Å²) in [6, 6.07) is 68.6. The second kappa shape index (κ2) is 13.5. The van der Waals surface area contributed by atoms with Crippen molar-refractivity contribution in [3.05, 3.63) is 188 Å². The number of rotatable bonds is 7. The summed E-state index contributed by atoms with van der Waals surface area (Å²) >= 11 is 1.88. The second-order valence-electron chi connectivity index (χ2n) is 16.2. The van der Waals surface area contributed by atoms with Gasteiger partial charge in [0.05, 0.1) is 8.07 Å². The van der Waals surface area contributed by atoms with E-state index < -0.39 is 8.07 Å². The minimum atomic E-state index is -1.43. The first-order chi connectivity index (χ1) is 28.4. The van der Waals surface area contributed by atoms with Gasteiger partial charge in [-0.2, -0.15) is 0 Å². The van der Waals surface area contributed by atoms with E-state index in [1.807, 2.05) is 23.9 Å². The Hall–Kier alpha value is -6.53. The summed E-state index contributed by atoms with van der Waals surface area (Å²) in [5.41, 5.74) is 11.1. The zero-order chi connectivity index (χ0) is 39.0. The van der Waals surface area contributed by atoms with Crippen molar-refractivity contribution in [1.29, 1.82) is 0 Å². The molecule has 1 aliphatic heterocycles. The average Bonchev–Trinajstić information content (AvgIpc) is 3.63. The zero-order valence-corrected chi connectivity index (χ0v) is 34.4. The summed E-state index contributed by atoms with van der Waals surface area (Å²) in [6.07, 6.45) is 0. The fourth-order valence-electron chi connectivity index (χ4n) is 8.69. The quantitative estimate of drug-likeness (QED) is 0.118. The lowest BCUT2D eigenvalue weighted by molar-refractivity contribution is 0.669. The van der Waals surface area contributed by atoms with E-state index in [0.717, 1.165) is 50.4 Å². The van der Waals surface area contributed by atoms with Gasteiger partial charge in [0.1, 0.15) is 11.2 Å². The van der Waals surface area contributed by atoms with Gasteiger partial charge in [0.2, 0.25) is 0 Å². The fourth-order valence-corrected chi connectivity index (χ4v) is 11.0. The van der Waals surface area contributed by atoms with Crippen molar-refractivity contribution in [2.75, 3.05) is 9.80 Å². The molecule has 0 unspecified atom stereocenters. The predicted octanol–water partition coefficient (Wildman–Crippen LogP) is 15.5. The third kappa shape index (κ3) is 5.81. The number of para-hydroxylation sites is 3. The van der Waals surface area contributed by atoms with Crippen molar-refractivity contribution in [1.82, 2.24) is 0 Å². The molecule has 5 heteroatoms. The maximum absolute atomic E-state index is 6.22. The Morgan fingerprint density at radius 1 is 0.397 bits per heavy atom. The summed E-state index contributed by atoms with van der Waals surface area (Å²) in [4.78, 5) is 7.30. The minimum absolute atomic E-state index is 0.894. The summed E-state index contributed by atoms with van der Waals surface area (Å²) in [6.45, 7) is 7.21. The highest BCUT2D eigenvalue weighted by atomic mass is 32.2. The number of nitrogens with zero attached hydrogens (tertiary/aromatic N) is 2. The van der Waals surface area contributed by atoms with Crippen LogP contribution in [0.2, 0.25) is 19.6 Å². The van der Waals surface area contributed by atoms with Gasteiger partial charge in [-0.1, -0.05) is 128 Å². The number of hydrogen-bond acceptors (Lipinski definition) is 4. The number of furan rings is 1. The molecule has 0 saturated heterocycles. The van der Waals surface area contributed by atoms with Gasteiger partial charge in [-0.05, 0) is 124 Å². The van der Waals surface area contributed by atoms with Crippen molar-refractivity contribution >= 4 is 103 Å². The third-order valence-corrected chi connectivity index (χ3v) is 14.7. The lowest BCUT2D eigenvalue weighted by Gasteiger charge is -2.29. The van der Waals surface area contributed by atoms with E-state index in [4.69, 9.17) is 4.42 Å². The van der Waals surface area contributed by atoms with Gasteiger partial charge >= 0.3 is 0 Å². The highest BCUT2D eigenvalue weighted by Gasteiger charge is 2.24. The average molecular weight is 781 g/mol. The molecule has 0 N–H and O–H groups in total.